The second kappa shape index (κ2) is 5.77. The SMILES string of the molecule is CCc1ccc(S(=O)(=O)Nc2nccc3ccccc23)cc1. The van der Waals surface area contributed by atoms with E-state index in [9.17, 15) is 8.42 Å². The average molecular weight is 312 g/mol. The summed E-state index contributed by atoms with van der Waals surface area (Å²) < 4.78 is 27.6. The lowest BCUT2D eigenvalue weighted by Gasteiger charge is -2.10. The number of pyridine rings is 1. The predicted octanol–water partition coefficient (Wildman–Crippen LogP) is 3.60. The van der Waals surface area contributed by atoms with Crippen molar-refractivity contribution in [3.05, 3.63) is 66.4 Å². The third-order valence-corrected chi connectivity index (χ3v) is 4.90. The van der Waals surface area contributed by atoms with Gasteiger partial charge < -0.3 is 0 Å². The zero-order valence-corrected chi connectivity index (χ0v) is 13.0. The quantitative estimate of drug-likeness (QED) is 0.801. The van der Waals surface area contributed by atoms with E-state index in [2.05, 4.69) is 9.71 Å². The minimum Gasteiger partial charge on any atom is -0.263 e. The number of hydrogen-bond donors (Lipinski definition) is 1. The third-order valence-electron chi connectivity index (χ3n) is 3.55. The number of nitrogens with zero attached hydrogens (tertiary/aromatic N) is 1. The summed E-state index contributed by atoms with van der Waals surface area (Å²) in [5, 5.41) is 1.72. The Bertz CT molecular complexity index is 898. The van der Waals surface area contributed by atoms with Crippen LogP contribution in [0.15, 0.2) is 65.7 Å². The fourth-order valence-electron chi connectivity index (χ4n) is 2.29. The summed E-state index contributed by atoms with van der Waals surface area (Å²) in [5.74, 6) is 0.345. The van der Waals surface area contributed by atoms with Crippen LogP contribution in [0, 0.1) is 0 Å². The van der Waals surface area contributed by atoms with Crippen LogP contribution in [-0.4, -0.2) is 13.4 Å². The van der Waals surface area contributed by atoms with Crippen LogP contribution in [0.1, 0.15) is 12.5 Å². The van der Waals surface area contributed by atoms with Crippen LogP contribution in [0.5, 0.6) is 0 Å². The van der Waals surface area contributed by atoms with Gasteiger partial charge in [-0.3, -0.25) is 4.72 Å². The lowest BCUT2D eigenvalue weighted by atomic mass is 10.2. The van der Waals surface area contributed by atoms with Gasteiger partial charge in [0.15, 0.2) is 0 Å². The molecule has 3 rings (SSSR count). The number of aryl methyl sites for hydroxylation is 1. The van der Waals surface area contributed by atoms with Crippen molar-refractivity contribution in [3.8, 4) is 0 Å². The number of fused-ring (bicyclic) bond motifs is 1. The molecule has 0 saturated heterocycles. The molecule has 1 aromatic heterocycles. The van der Waals surface area contributed by atoms with Crippen LogP contribution in [0.3, 0.4) is 0 Å². The summed E-state index contributed by atoms with van der Waals surface area (Å²) in [7, 11) is -3.64. The molecule has 0 atom stereocenters. The number of nitrogens with one attached hydrogen (secondary N) is 1. The summed E-state index contributed by atoms with van der Waals surface area (Å²) in [5.41, 5.74) is 1.10. The molecule has 112 valence electrons. The zero-order chi connectivity index (χ0) is 15.6. The summed E-state index contributed by atoms with van der Waals surface area (Å²) >= 11 is 0. The second-order valence-corrected chi connectivity index (χ2v) is 6.67. The molecule has 22 heavy (non-hydrogen) atoms. The molecule has 0 saturated carbocycles. The van der Waals surface area contributed by atoms with Gasteiger partial charge in [0.2, 0.25) is 0 Å². The monoisotopic (exact) mass is 312 g/mol. The Hall–Kier alpha value is -2.40. The highest BCUT2D eigenvalue weighted by Crippen LogP contribution is 2.23. The average Bonchev–Trinajstić information content (AvgIpc) is 2.55. The standard InChI is InChI=1S/C17H16N2O2S/c1-2-13-7-9-15(10-8-13)22(20,21)19-17-16-6-4-3-5-14(16)11-12-18-17/h3-12H,2H2,1H3,(H,18,19). The topological polar surface area (TPSA) is 59.1 Å². The Labute approximate surface area is 129 Å². The van der Waals surface area contributed by atoms with Crippen molar-refractivity contribution < 1.29 is 8.42 Å². The summed E-state index contributed by atoms with van der Waals surface area (Å²) in [6.45, 7) is 2.03. The summed E-state index contributed by atoms with van der Waals surface area (Å²) in [4.78, 5) is 4.40. The first kappa shape index (κ1) is 14.5. The van der Waals surface area contributed by atoms with E-state index in [1.165, 1.54) is 0 Å². The van der Waals surface area contributed by atoms with Crippen LogP contribution < -0.4 is 4.72 Å². The molecule has 0 aliphatic carbocycles. The van der Waals surface area contributed by atoms with Crippen molar-refractivity contribution in [2.24, 2.45) is 0 Å². The van der Waals surface area contributed by atoms with Crippen LogP contribution in [-0.2, 0) is 16.4 Å². The molecule has 5 heteroatoms. The van der Waals surface area contributed by atoms with E-state index in [-0.39, 0.29) is 4.90 Å². The molecule has 1 N–H and O–H groups in total. The van der Waals surface area contributed by atoms with Gasteiger partial charge in [0, 0.05) is 11.6 Å². The van der Waals surface area contributed by atoms with Gasteiger partial charge in [-0.2, -0.15) is 0 Å². The number of anilines is 1. The molecule has 4 nitrogen and oxygen atoms in total. The second-order valence-electron chi connectivity index (χ2n) is 4.98. The summed E-state index contributed by atoms with van der Waals surface area (Å²) in [6, 6.07) is 16.3. The lowest BCUT2D eigenvalue weighted by molar-refractivity contribution is 0.601. The van der Waals surface area contributed by atoms with Gasteiger partial charge in [0.25, 0.3) is 10.0 Å². The molecule has 0 aliphatic rings. The van der Waals surface area contributed by atoms with Crippen molar-refractivity contribution >= 4 is 26.6 Å². The third kappa shape index (κ3) is 2.80. The van der Waals surface area contributed by atoms with E-state index in [4.69, 9.17) is 0 Å². The van der Waals surface area contributed by atoms with E-state index < -0.39 is 10.0 Å². The molecule has 0 bridgehead atoms. The first-order valence-electron chi connectivity index (χ1n) is 7.05. The molecule has 2 aromatic carbocycles. The Morgan fingerprint density at radius 2 is 1.73 bits per heavy atom. The molecule has 0 fully saturated rings. The highest BCUT2D eigenvalue weighted by molar-refractivity contribution is 7.92. The number of sulfonamides is 1. The highest BCUT2D eigenvalue weighted by Gasteiger charge is 2.16. The fraction of sp³-hybridized carbons (Fsp3) is 0.118. The molecular formula is C17H16N2O2S. The molecule has 1 heterocycles. The zero-order valence-electron chi connectivity index (χ0n) is 12.2. The first-order valence-corrected chi connectivity index (χ1v) is 8.54. The lowest BCUT2D eigenvalue weighted by Crippen LogP contribution is -2.14. The minimum absolute atomic E-state index is 0.236. The van der Waals surface area contributed by atoms with Crippen molar-refractivity contribution in [2.75, 3.05) is 4.72 Å². The maximum Gasteiger partial charge on any atom is 0.263 e. The summed E-state index contributed by atoms with van der Waals surface area (Å²) in [6.07, 6.45) is 2.47. The van der Waals surface area contributed by atoms with Gasteiger partial charge in [-0.05, 0) is 35.6 Å². The maximum absolute atomic E-state index is 12.5. The number of rotatable bonds is 4. The molecule has 0 aliphatic heterocycles. The number of benzene rings is 2. The van der Waals surface area contributed by atoms with Crippen molar-refractivity contribution in [2.45, 2.75) is 18.2 Å². The predicted molar refractivity (Wildman–Crippen MR) is 88.4 cm³/mol. The normalized spacial score (nSPS) is 11.5. The van der Waals surface area contributed by atoms with Crippen molar-refractivity contribution in [1.29, 1.82) is 0 Å². The van der Waals surface area contributed by atoms with E-state index in [1.807, 2.05) is 49.4 Å². The van der Waals surface area contributed by atoms with Gasteiger partial charge >= 0.3 is 0 Å². The fourth-order valence-corrected chi connectivity index (χ4v) is 3.32. The molecule has 3 aromatic rings. The number of aromatic nitrogens is 1. The first-order chi connectivity index (χ1) is 10.6. The maximum atomic E-state index is 12.5. The highest BCUT2D eigenvalue weighted by atomic mass is 32.2. The van der Waals surface area contributed by atoms with Crippen LogP contribution in [0.2, 0.25) is 0 Å². The van der Waals surface area contributed by atoms with Gasteiger partial charge in [-0.1, -0.05) is 43.3 Å². The van der Waals surface area contributed by atoms with Gasteiger partial charge in [0.1, 0.15) is 5.82 Å². The van der Waals surface area contributed by atoms with Crippen LogP contribution in [0.4, 0.5) is 5.82 Å². The number of hydrogen-bond acceptors (Lipinski definition) is 3. The van der Waals surface area contributed by atoms with E-state index in [0.29, 0.717) is 5.82 Å². The molecule has 0 radical (unpaired) electrons. The smallest absolute Gasteiger partial charge is 0.263 e. The molecule has 0 spiro atoms. The van der Waals surface area contributed by atoms with E-state index in [1.54, 1.807) is 18.3 Å². The van der Waals surface area contributed by atoms with Gasteiger partial charge in [0.05, 0.1) is 4.90 Å². The Balaban J connectivity index is 1.99. The molecule has 0 amide bonds. The minimum atomic E-state index is -3.64. The van der Waals surface area contributed by atoms with Gasteiger partial charge in [-0.15, -0.1) is 0 Å². The van der Waals surface area contributed by atoms with E-state index in [0.717, 1.165) is 22.8 Å². The van der Waals surface area contributed by atoms with Crippen LogP contribution in [0.25, 0.3) is 10.8 Å². The van der Waals surface area contributed by atoms with Crippen LogP contribution >= 0.6 is 0 Å². The van der Waals surface area contributed by atoms with Crippen molar-refractivity contribution in [3.63, 3.8) is 0 Å². The Kier molecular flexibility index (Phi) is 3.81. The van der Waals surface area contributed by atoms with E-state index >= 15 is 0 Å². The molecule has 0 unspecified atom stereocenters. The largest absolute Gasteiger partial charge is 0.263 e. The Morgan fingerprint density at radius 3 is 2.45 bits per heavy atom. The van der Waals surface area contributed by atoms with Crippen molar-refractivity contribution in [1.82, 2.24) is 4.98 Å². The Morgan fingerprint density at radius 1 is 1.00 bits per heavy atom. The molecular weight excluding hydrogens is 296 g/mol. The van der Waals surface area contributed by atoms with Gasteiger partial charge in [-0.25, -0.2) is 13.4 Å².